The number of hydrogen-bond acceptors (Lipinski definition) is 7. The molecule has 0 bridgehead atoms. The molecule has 0 unspecified atom stereocenters. The second kappa shape index (κ2) is 13.0. The van der Waals surface area contributed by atoms with E-state index in [9.17, 15) is 19.8 Å². The maximum absolute atomic E-state index is 14.0. The molecular weight excluding hydrogens is 524 g/mol. The van der Waals surface area contributed by atoms with E-state index in [4.69, 9.17) is 14.2 Å². The summed E-state index contributed by atoms with van der Waals surface area (Å²) in [6.07, 6.45) is 5.09. The summed E-state index contributed by atoms with van der Waals surface area (Å²) in [6, 6.07) is 12.3. The molecule has 0 spiro atoms. The lowest BCUT2D eigenvalue weighted by atomic mass is 9.77. The molecule has 2 aromatic carbocycles. The number of methoxy groups -OCH3 is 2. The molecule has 41 heavy (non-hydrogen) atoms. The van der Waals surface area contributed by atoms with E-state index >= 15 is 0 Å². The standard InChI is InChI=1S/C32H40N2O7/c1-39-22-11-12-26(40-2)21(18-22)13-15-34(28(36)17-20-7-3-4-8-20)25-19-24(32(38)33-14-16-35)29-23-9-5-6-10-27(23)41-31(29)30(25)37/h5-6,9-12,18-20,25,29-31,35,37H,3-4,7-8,13-17H2,1-2H3,(H,33,38)/t25-,29+,30+,31+/m1/s1. The van der Waals surface area contributed by atoms with E-state index in [2.05, 4.69) is 5.32 Å². The Kier molecular flexibility index (Phi) is 9.15. The maximum Gasteiger partial charge on any atom is 0.247 e. The number of para-hydroxylation sites is 1. The number of hydrogen-bond donors (Lipinski definition) is 3. The highest BCUT2D eigenvalue weighted by atomic mass is 16.5. The Morgan fingerprint density at radius 3 is 2.61 bits per heavy atom. The highest BCUT2D eigenvalue weighted by Gasteiger charge is 2.50. The molecule has 2 amide bonds. The molecule has 1 saturated carbocycles. The first-order chi connectivity index (χ1) is 19.9. The van der Waals surface area contributed by atoms with E-state index in [1.165, 1.54) is 0 Å². The lowest BCUT2D eigenvalue weighted by molar-refractivity contribution is -0.138. The molecule has 2 aromatic rings. The molecule has 4 atom stereocenters. The van der Waals surface area contributed by atoms with E-state index in [1.807, 2.05) is 42.5 Å². The van der Waals surface area contributed by atoms with Crippen LogP contribution in [0.15, 0.2) is 54.1 Å². The molecule has 220 valence electrons. The van der Waals surface area contributed by atoms with Crippen LogP contribution in [0.5, 0.6) is 17.2 Å². The second-order valence-electron chi connectivity index (χ2n) is 11.1. The fourth-order valence-electron chi connectivity index (χ4n) is 6.53. The number of nitrogens with zero attached hydrogens (tertiary/aromatic N) is 1. The van der Waals surface area contributed by atoms with Crippen LogP contribution in [-0.4, -0.2) is 79.1 Å². The Balaban J connectivity index is 1.50. The zero-order chi connectivity index (χ0) is 28.9. The van der Waals surface area contributed by atoms with Gasteiger partial charge < -0.3 is 34.6 Å². The first-order valence-electron chi connectivity index (χ1n) is 14.5. The molecule has 9 heteroatoms. The number of benzene rings is 2. The van der Waals surface area contributed by atoms with Gasteiger partial charge in [0.2, 0.25) is 11.8 Å². The molecule has 5 rings (SSSR count). The summed E-state index contributed by atoms with van der Waals surface area (Å²) >= 11 is 0. The molecule has 0 saturated heterocycles. The van der Waals surface area contributed by atoms with Crippen LogP contribution in [-0.2, 0) is 16.0 Å². The predicted octanol–water partition coefficient (Wildman–Crippen LogP) is 2.98. The summed E-state index contributed by atoms with van der Waals surface area (Å²) in [5.74, 6) is 1.42. The third-order valence-electron chi connectivity index (χ3n) is 8.60. The Bertz CT molecular complexity index is 1270. The number of aliphatic hydroxyl groups excluding tert-OH is 2. The molecular formula is C32H40N2O7. The van der Waals surface area contributed by atoms with Crippen molar-refractivity contribution in [2.24, 2.45) is 5.92 Å². The van der Waals surface area contributed by atoms with Crippen molar-refractivity contribution in [3.8, 4) is 17.2 Å². The minimum Gasteiger partial charge on any atom is -0.497 e. The van der Waals surface area contributed by atoms with Crippen LogP contribution in [0.3, 0.4) is 0 Å². The summed E-state index contributed by atoms with van der Waals surface area (Å²) in [4.78, 5) is 29.1. The average molecular weight is 565 g/mol. The average Bonchev–Trinajstić information content (AvgIpc) is 3.65. The normalized spacial score (nSPS) is 23.2. The third-order valence-corrected chi connectivity index (χ3v) is 8.60. The molecule has 0 radical (unpaired) electrons. The number of carbonyl (C=O) groups is 2. The van der Waals surface area contributed by atoms with Crippen LogP contribution < -0.4 is 19.5 Å². The van der Waals surface area contributed by atoms with Crippen molar-refractivity contribution in [3.05, 3.63) is 65.2 Å². The van der Waals surface area contributed by atoms with Crippen LogP contribution in [0.2, 0.25) is 0 Å². The Morgan fingerprint density at radius 1 is 1.10 bits per heavy atom. The number of aliphatic hydroxyl groups is 2. The smallest absolute Gasteiger partial charge is 0.247 e. The van der Waals surface area contributed by atoms with Gasteiger partial charge in [0.15, 0.2) is 0 Å². The first-order valence-corrected chi connectivity index (χ1v) is 14.5. The summed E-state index contributed by atoms with van der Waals surface area (Å²) in [7, 11) is 3.21. The fourth-order valence-corrected chi connectivity index (χ4v) is 6.53. The largest absolute Gasteiger partial charge is 0.497 e. The fraction of sp³-hybridized carbons (Fsp3) is 0.500. The number of fused-ring (bicyclic) bond motifs is 3. The Morgan fingerprint density at radius 2 is 1.88 bits per heavy atom. The SMILES string of the molecule is COc1ccc(OC)c(CCN(C(=O)CC2CCCC2)[C@@H]2C=C(C(=O)NCCO)[C@@H]3c4ccccc4O[C@@H]3[C@H]2O)c1. The molecule has 0 aromatic heterocycles. The Labute approximate surface area is 241 Å². The van der Waals surface area contributed by atoms with Crippen LogP contribution in [0.1, 0.15) is 49.1 Å². The number of nitrogens with one attached hydrogen (secondary N) is 1. The van der Waals surface area contributed by atoms with Gasteiger partial charge in [0.25, 0.3) is 0 Å². The van der Waals surface area contributed by atoms with Crippen molar-refractivity contribution in [3.63, 3.8) is 0 Å². The van der Waals surface area contributed by atoms with Gasteiger partial charge in [-0.05, 0) is 61.1 Å². The van der Waals surface area contributed by atoms with Gasteiger partial charge in [-0.2, -0.15) is 0 Å². The quantitative estimate of drug-likeness (QED) is 0.384. The van der Waals surface area contributed by atoms with Crippen molar-refractivity contribution in [1.82, 2.24) is 10.2 Å². The second-order valence-corrected chi connectivity index (χ2v) is 11.1. The zero-order valence-corrected chi connectivity index (χ0v) is 23.8. The summed E-state index contributed by atoms with van der Waals surface area (Å²) in [5.41, 5.74) is 2.13. The molecule has 2 aliphatic carbocycles. The van der Waals surface area contributed by atoms with Crippen molar-refractivity contribution < 1.29 is 34.0 Å². The van der Waals surface area contributed by atoms with Gasteiger partial charge in [-0.1, -0.05) is 31.0 Å². The Hall–Kier alpha value is -3.56. The maximum atomic E-state index is 14.0. The predicted molar refractivity (Wildman–Crippen MR) is 153 cm³/mol. The van der Waals surface area contributed by atoms with Gasteiger partial charge >= 0.3 is 0 Å². The van der Waals surface area contributed by atoms with Gasteiger partial charge in [0, 0.05) is 30.6 Å². The summed E-state index contributed by atoms with van der Waals surface area (Å²) in [5, 5.41) is 23.9. The highest BCUT2D eigenvalue weighted by molar-refractivity contribution is 5.96. The zero-order valence-electron chi connectivity index (χ0n) is 23.8. The van der Waals surface area contributed by atoms with Gasteiger partial charge in [-0.25, -0.2) is 0 Å². The molecule has 1 heterocycles. The lowest BCUT2D eigenvalue weighted by Gasteiger charge is -2.41. The van der Waals surface area contributed by atoms with E-state index in [0.717, 1.165) is 36.8 Å². The minimum absolute atomic E-state index is 0.0526. The summed E-state index contributed by atoms with van der Waals surface area (Å²) in [6.45, 7) is 0.215. The molecule has 3 aliphatic rings. The molecule has 3 N–H and O–H groups in total. The molecule has 1 aliphatic heterocycles. The van der Waals surface area contributed by atoms with Crippen LogP contribution >= 0.6 is 0 Å². The van der Waals surface area contributed by atoms with Crippen molar-refractivity contribution >= 4 is 11.8 Å². The van der Waals surface area contributed by atoms with Gasteiger partial charge in [-0.3, -0.25) is 9.59 Å². The number of rotatable bonds is 11. The van der Waals surface area contributed by atoms with Gasteiger partial charge in [0.05, 0.1) is 32.8 Å². The number of carbonyl (C=O) groups excluding carboxylic acids is 2. The monoisotopic (exact) mass is 564 g/mol. The lowest BCUT2D eigenvalue weighted by Crippen LogP contribution is -2.56. The van der Waals surface area contributed by atoms with Crippen molar-refractivity contribution in [1.29, 1.82) is 0 Å². The van der Waals surface area contributed by atoms with Crippen molar-refractivity contribution in [2.75, 3.05) is 33.9 Å². The first kappa shape index (κ1) is 29.0. The topological polar surface area (TPSA) is 118 Å². The summed E-state index contributed by atoms with van der Waals surface area (Å²) < 4.78 is 17.2. The number of ether oxygens (including phenoxy) is 3. The van der Waals surface area contributed by atoms with E-state index < -0.39 is 24.2 Å². The van der Waals surface area contributed by atoms with Crippen molar-refractivity contribution in [2.45, 2.75) is 62.7 Å². The van der Waals surface area contributed by atoms with Crippen LogP contribution in [0.25, 0.3) is 0 Å². The van der Waals surface area contributed by atoms with Crippen LogP contribution in [0, 0.1) is 5.92 Å². The van der Waals surface area contributed by atoms with Gasteiger partial charge in [-0.15, -0.1) is 0 Å². The number of amides is 2. The van der Waals surface area contributed by atoms with Gasteiger partial charge in [0.1, 0.15) is 29.5 Å². The minimum atomic E-state index is -1.05. The highest BCUT2D eigenvalue weighted by Crippen LogP contribution is 2.47. The van der Waals surface area contributed by atoms with Crippen LogP contribution in [0.4, 0.5) is 0 Å². The van der Waals surface area contributed by atoms with E-state index in [1.54, 1.807) is 25.2 Å². The molecule has 1 fully saturated rings. The van der Waals surface area contributed by atoms with E-state index in [-0.39, 0.29) is 25.0 Å². The van der Waals surface area contributed by atoms with E-state index in [0.29, 0.717) is 48.1 Å². The third kappa shape index (κ3) is 6.06. The molecule has 9 nitrogen and oxygen atoms in total.